The van der Waals surface area contributed by atoms with Crippen LogP contribution in [-0.2, 0) is 0 Å². The van der Waals surface area contributed by atoms with Gasteiger partial charge in [-0.05, 0) is 43.4 Å². The first kappa shape index (κ1) is 17.0. The molecule has 2 aromatic rings. The zero-order chi connectivity index (χ0) is 18.3. The van der Waals surface area contributed by atoms with Crippen molar-refractivity contribution in [1.29, 1.82) is 0 Å². The number of carbonyl (C=O) groups excluding carboxylic acids is 2. The van der Waals surface area contributed by atoms with Gasteiger partial charge in [0, 0.05) is 29.9 Å². The molecule has 3 heteroatoms. The van der Waals surface area contributed by atoms with Gasteiger partial charge < -0.3 is 4.74 Å². The van der Waals surface area contributed by atoms with Crippen LogP contribution in [0.1, 0.15) is 77.3 Å². The predicted octanol–water partition coefficient (Wildman–Crippen LogP) is 5.17. The molecule has 26 heavy (non-hydrogen) atoms. The Balaban J connectivity index is 1.82. The molecule has 4 rings (SSSR count). The molecule has 1 fully saturated rings. The first-order chi connectivity index (χ1) is 12.6. The summed E-state index contributed by atoms with van der Waals surface area (Å²) in [4.78, 5) is 25.3. The van der Waals surface area contributed by atoms with E-state index in [2.05, 4.69) is 12.1 Å². The monoisotopic (exact) mass is 348 g/mol. The lowest BCUT2D eigenvalue weighted by Crippen LogP contribution is -2.15. The number of rotatable bonds is 6. The fraction of sp³-hybridized carbons (Fsp3) is 0.391. The first-order valence-electron chi connectivity index (χ1n) is 9.54. The van der Waals surface area contributed by atoms with Gasteiger partial charge in [0.15, 0.2) is 11.6 Å². The number of ketones is 2. The summed E-state index contributed by atoms with van der Waals surface area (Å²) in [5.74, 6) is 1.42. The van der Waals surface area contributed by atoms with Crippen molar-refractivity contribution in [2.24, 2.45) is 5.92 Å². The highest BCUT2D eigenvalue weighted by Crippen LogP contribution is 2.45. The number of carbonyl (C=O) groups is 2. The van der Waals surface area contributed by atoms with Crippen molar-refractivity contribution in [2.45, 2.75) is 51.6 Å². The van der Waals surface area contributed by atoms with Gasteiger partial charge in [0.25, 0.3) is 0 Å². The van der Waals surface area contributed by atoms with Crippen LogP contribution in [0.5, 0.6) is 5.75 Å². The van der Waals surface area contributed by atoms with Gasteiger partial charge in [-0.15, -0.1) is 0 Å². The van der Waals surface area contributed by atoms with Crippen LogP contribution >= 0.6 is 0 Å². The third-order valence-corrected chi connectivity index (χ3v) is 5.50. The molecule has 2 unspecified atom stereocenters. The van der Waals surface area contributed by atoms with Gasteiger partial charge in [-0.3, -0.25) is 9.59 Å². The molecule has 2 aromatic carbocycles. The summed E-state index contributed by atoms with van der Waals surface area (Å²) in [6.07, 6.45) is 3.21. The van der Waals surface area contributed by atoms with Crippen molar-refractivity contribution in [1.82, 2.24) is 0 Å². The number of ether oxygens (including phenoxy) is 1. The number of hydrogen-bond donors (Lipinski definition) is 0. The standard InChI is InChI=1S/C23H24O3/c1-3-20(24)18-12-17(21(25)11-15-9-10-15)13-19-22(14(2)26-23(18)19)16-7-5-4-6-8-16/h4-8,12-15,22H,3,9-11H2,1-2H3. The van der Waals surface area contributed by atoms with Gasteiger partial charge in [0.2, 0.25) is 0 Å². The van der Waals surface area contributed by atoms with Crippen molar-refractivity contribution in [3.05, 3.63) is 64.7 Å². The Morgan fingerprint density at radius 2 is 1.81 bits per heavy atom. The van der Waals surface area contributed by atoms with Crippen molar-refractivity contribution in [2.75, 3.05) is 0 Å². The molecule has 2 aliphatic rings. The quantitative estimate of drug-likeness (QED) is 0.676. The molecule has 0 spiro atoms. The van der Waals surface area contributed by atoms with E-state index in [1.807, 2.05) is 38.1 Å². The predicted molar refractivity (Wildman–Crippen MR) is 101 cm³/mol. The van der Waals surface area contributed by atoms with Crippen LogP contribution in [0, 0.1) is 5.92 Å². The van der Waals surface area contributed by atoms with Crippen LogP contribution in [0.2, 0.25) is 0 Å². The zero-order valence-electron chi connectivity index (χ0n) is 15.3. The van der Waals surface area contributed by atoms with Crippen molar-refractivity contribution >= 4 is 11.6 Å². The van der Waals surface area contributed by atoms with E-state index in [0.717, 1.165) is 24.0 Å². The summed E-state index contributed by atoms with van der Waals surface area (Å²) in [6, 6.07) is 13.9. The van der Waals surface area contributed by atoms with E-state index in [1.165, 1.54) is 0 Å². The molecule has 0 N–H and O–H groups in total. The zero-order valence-corrected chi connectivity index (χ0v) is 15.3. The summed E-state index contributed by atoms with van der Waals surface area (Å²) >= 11 is 0. The van der Waals surface area contributed by atoms with Gasteiger partial charge in [0.1, 0.15) is 11.9 Å². The van der Waals surface area contributed by atoms with Gasteiger partial charge in [-0.2, -0.15) is 0 Å². The van der Waals surface area contributed by atoms with Crippen LogP contribution in [0.3, 0.4) is 0 Å². The Morgan fingerprint density at radius 3 is 2.46 bits per heavy atom. The maximum absolute atomic E-state index is 12.7. The topological polar surface area (TPSA) is 43.4 Å². The largest absolute Gasteiger partial charge is 0.489 e. The molecule has 1 aliphatic heterocycles. The van der Waals surface area contributed by atoms with E-state index < -0.39 is 0 Å². The summed E-state index contributed by atoms with van der Waals surface area (Å²) in [7, 11) is 0. The highest BCUT2D eigenvalue weighted by Gasteiger charge is 2.36. The number of hydrogen-bond acceptors (Lipinski definition) is 3. The minimum atomic E-state index is -0.0652. The number of Topliss-reactive ketones (excluding diaryl/α,β-unsaturated/α-hetero) is 2. The molecule has 0 aromatic heterocycles. The van der Waals surface area contributed by atoms with Crippen LogP contribution in [0.25, 0.3) is 0 Å². The van der Waals surface area contributed by atoms with Gasteiger partial charge in [0.05, 0.1) is 5.56 Å². The Hall–Kier alpha value is -2.42. The van der Waals surface area contributed by atoms with E-state index >= 15 is 0 Å². The maximum atomic E-state index is 12.7. The molecular weight excluding hydrogens is 324 g/mol. The Bertz CT molecular complexity index is 849. The second-order valence-electron chi connectivity index (χ2n) is 7.50. The molecule has 0 radical (unpaired) electrons. The Labute approximate surface area is 154 Å². The molecule has 1 aliphatic carbocycles. The van der Waals surface area contributed by atoms with Crippen LogP contribution in [0.4, 0.5) is 0 Å². The molecule has 0 saturated heterocycles. The lowest BCUT2D eigenvalue weighted by molar-refractivity contribution is 0.0976. The summed E-state index contributed by atoms with van der Waals surface area (Å²) in [6.45, 7) is 3.88. The molecule has 3 nitrogen and oxygen atoms in total. The van der Waals surface area contributed by atoms with Gasteiger partial charge in [-0.1, -0.05) is 37.3 Å². The minimum absolute atomic E-state index is 0.0308. The summed E-state index contributed by atoms with van der Waals surface area (Å²) in [5.41, 5.74) is 3.35. The normalized spacial score (nSPS) is 21.2. The third-order valence-electron chi connectivity index (χ3n) is 5.50. The fourth-order valence-electron chi connectivity index (χ4n) is 3.89. The number of benzene rings is 2. The van der Waals surface area contributed by atoms with E-state index in [4.69, 9.17) is 4.74 Å². The SMILES string of the molecule is CCC(=O)c1cc(C(=O)CC2CC2)cc2c1OC(C)C2c1ccccc1. The van der Waals surface area contributed by atoms with Crippen LogP contribution in [-0.4, -0.2) is 17.7 Å². The van der Waals surface area contributed by atoms with E-state index in [9.17, 15) is 9.59 Å². The lowest BCUT2D eigenvalue weighted by atomic mass is 9.85. The van der Waals surface area contributed by atoms with E-state index in [-0.39, 0.29) is 23.6 Å². The van der Waals surface area contributed by atoms with Crippen molar-refractivity contribution < 1.29 is 14.3 Å². The molecule has 0 amide bonds. The van der Waals surface area contributed by atoms with Crippen molar-refractivity contribution in [3.63, 3.8) is 0 Å². The maximum Gasteiger partial charge on any atom is 0.166 e. The smallest absolute Gasteiger partial charge is 0.166 e. The minimum Gasteiger partial charge on any atom is -0.489 e. The fourth-order valence-corrected chi connectivity index (χ4v) is 3.89. The van der Waals surface area contributed by atoms with Crippen LogP contribution < -0.4 is 4.74 Å². The molecule has 2 atom stereocenters. The summed E-state index contributed by atoms with van der Waals surface area (Å²) in [5, 5.41) is 0. The first-order valence-corrected chi connectivity index (χ1v) is 9.54. The molecule has 134 valence electrons. The third kappa shape index (κ3) is 3.07. The molecular formula is C23H24O3. The van der Waals surface area contributed by atoms with Crippen molar-refractivity contribution in [3.8, 4) is 5.75 Å². The summed E-state index contributed by atoms with van der Waals surface area (Å²) < 4.78 is 6.12. The second-order valence-corrected chi connectivity index (χ2v) is 7.50. The molecule has 0 bridgehead atoms. The van der Waals surface area contributed by atoms with Crippen LogP contribution in [0.15, 0.2) is 42.5 Å². The average molecular weight is 348 g/mol. The lowest BCUT2D eigenvalue weighted by Gasteiger charge is -2.15. The van der Waals surface area contributed by atoms with E-state index in [1.54, 1.807) is 6.07 Å². The molecule has 1 heterocycles. The highest BCUT2D eigenvalue weighted by molar-refractivity contribution is 6.04. The van der Waals surface area contributed by atoms with Gasteiger partial charge >= 0.3 is 0 Å². The van der Waals surface area contributed by atoms with Gasteiger partial charge in [-0.25, -0.2) is 0 Å². The average Bonchev–Trinajstić information content (AvgIpc) is 3.40. The number of fused-ring (bicyclic) bond motifs is 1. The highest BCUT2D eigenvalue weighted by atomic mass is 16.5. The van der Waals surface area contributed by atoms with E-state index in [0.29, 0.717) is 35.6 Å². The Morgan fingerprint density at radius 1 is 1.08 bits per heavy atom. The Kier molecular flexibility index (Phi) is 4.39. The molecule has 1 saturated carbocycles. The second kappa shape index (κ2) is 6.71.